The zero-order valence-electron chi connectivity index (χ0n) is 13.2. The highest BCUT2D eigenvalue weighted by molar-refractivity contribution is 6.00. The largest absolute Gasteiger partial charge is 0.480 e. The number of amides is 2. The minimum Gasteiger partial charge on any atom is -0.480 e. The minimum absolute atomic E-state index is 0.0543. The lowest BCUT2D eigenvalue weighted by Gasteiger charge is -2.33. The number of nitrogens with zero attached hydrogens (tertiary/aromatic N) is 2. The summed E-state index contributed by atoms with van der Waals surface area (Å²) in [5.74, 6) is -2.46. The number of halogens is 1. The van der Waals surface area contributed by atoms with E-state index in [4.69, 9.17) is 0 Å². The van der Waals surface area contributed by atoms with E-state index in [2.05, 4.69) is 0 Å². The summed E-state index contributed by atoms with van der Waals surface area (Å²) in [5.41, 5.74) is 0.298. The first-order valence-electron chi connectivity index (χ1n) is 8.12. The number of carbonyl (C=O) groups is 3. The second kappa shape index (κ2) is 6.59. The van der Waals surface area contributed by atoms with Crippen molar-refractivity contribution in [3.05, 3.63) is 29.6 Å². The molecule has 0 aliphatic carbocycles. The normalized spacial score (nSPS) is 21.2. The molecular weight excluding hydrogens is 315 g/mol. The van der Waals surface area contributed by atoms with E-state index in [0.29, 0.717) is 38.0 Å². The molecule has 7 heteroatoms. The topological polar surface area (TPSA) is 77.9 Å². The molecule has 1 N–H and O–H groups in total. The number of likely N-dealkylation sites (tertiary alicyclic amines) is 1. The van der Waals surface area contributed by atoms with Crippen molar-refractivity contribution in [3.8, 4) is 0 Å². The summed E-state index contributed by atoms with van der Waals surface area (Å²) in [4.78, 5) is 38.7. The summed E-state index contributed by atoms with van der Waals surface area (Å²) >= 11 is 0. The fourth-order valence-corrected chi connectivity index (χ4v) is 3.35. The number of benzene rings is 1. The molecule has 2 saturated heterocycles. The zero-order valence-corrected chi connectivity index (χ0v) is 13.2. The summed E-state index contributed by atoms with van der Waals surface area (Å²) in [6, 6.07) is 3.06. The molecular formula is C17H19FN2O4. The van der Waals surface area contributed by atoms with Crippen LogP contribution in [0.3, 0.4) is 0 Å². The van der Waals surface area contributed by atoms with Gasteiger partial charge in [-0.05, 0) is 43.9 Å². The Labute approximate surface area is 138 Å². The van der Waals surface area contributed by atoms with Crippen LogP contribution >= 0.6 is 0 Å². The lowest BCUT2D eigenvalue weighted by molar-refractivity contribution is -0.143. The second-order valence-corrected chi connectivity index (χ2v) is 6.16. The van der Waals surface area contributed by atoms with Crippen molar-refractivity contribution in [1.29, 1.82) is 0 Å². The van der Waals surface area contributed by atoms with Gasteiger partial charge in [0.2, 0.25) is 5.91 Å². The number of piperidine rings is 1. The van der Waals surface area contributed by atoms with E-state index in [1.165, 1.54) is 21.9 Å². The molecule has 0 radical (unpaired) electrons. The lowest BCUT2D eigenvalue weighted by atomic mass is 10.0. The molecule has 0 spiro atoms. The molecule has 2 aliphatic heterocycles. The molecule has 24 heavy (non-hydrogen) atoms. The van der Waals surface area contributed by atoms with Crippen molar-refractivity contribution in [2.45, 2.75) is 38.1 Å². The van der Waals surface area contributed by atoms with Gasteiger partial charge in [0.15, 0.2) is 0 Å². The summed E-state index contributed by atoms with van der Waals surface area (Å²) in [6.45, 7) is 0.835. The first kappa shape index (κ1) is 16.4. The highest BCUT2D eigenvalue weighted by Crippen LogP contribution is 2.26. The summed E-state index contributed by atoms with van der Waals surface area (Å²) in [5, 5.41) is 9.30. The Balaban J connectivity index is 1.91. The lowest BCUT2D eigenvalue weighted by Crippen LogP contribution is -2.48. The molecule has 1 aromatic rings. The van der Waals surface area contributed by atoms with Gasteiger partial charge in [0, 0.05) is 25.2 Å². The molecule has 2 aliphatic rings. The third-order valence-corrected chi connectivity index (χ3v) is 4.61. The third-order valence-electron chi connectivity index (χ3n) is 4.61. The quantitative estimate of drug-likeness (QED) is 0.917. The van der Waals surface area contributed by atoms with Crippen LogP contribution in [-0.2, 0) is 9.59 Å². The fraction of sp³-hybridized carbons (Fsp3) is 0.471. The molecule has 1 unspecified atom stereocenters. The predicted molar refractivity (Wildman–Crippen MR) is 84.3 cm³/mol. The number of carbonyl (C=O) groups excluding carboxylic acids is 2. The van der Waals surface area contributed by atoms with Crippen LogP contribution in [0.25, 0.3) is 0 Å². The van der Waals surface area contributed by atoms with Crippen molar-refractivity contribution in [2.24, 2.45) is 0 Å². The first-order chi connectivity index (χ1) is 11.5. The molecule has 0 saturated carbocycles. The van der Waals surface area contributed by atoms with E-state index < -0.39 is 23.7 Å². The number of anilines is 1. The Bertz CT molecular complexity index is 691. The number of hydrogen-bond donors (Lipinski definition) is 1. The van der Waals surface area contributed by atoms with Gasteiger partial charge in [-0.2, -0.15) is 0 Å². The van der Waals surface area contributed by atoms with Gasteiger partial charge < -0.3 is 14.9 Å². The Morgan fingerprint density at radius 2 is 1.96 bits per heavy atom. The van der Waals surface area contributed by atoms with Gasteiger partial charge in [0.25, 0.3) is 5.91 Å². The molecule has 0 bridgehead atoms. The highest BCUT2D eigenvalue weighted by atomic mass is 19.1. The molecule has 1 atom stereocenters. The van der Waals surface area contributed by atoms with Gasteiger partial charge in [0.1, 0.15) is 11.9 Å². The molecule has 128 valence electrons. The van der Waals surface area contributed by atoms with Gasteiger partial charge in [-0.25, -0.2) is 9.18 Å². The smallest absolute Gasteiger partial charge is 0.326 e. The monoisotopic (exact) mass is 334 g/mol. The molecule has 2 heterocycles. The average molecular weight is 334 g/mol. The van der Waals surface area contributed by atoms with E-state index in [1.54, 1.807) is 0 Å². The van der Waals surface area contributed by atoms with Crippen LogP contribution in [-0.4, -0.2) is 46.9 Å². The van der Waals surface area contributed by atoms with Crippen molar-refractivity contribution in [2.75, 3.05) is 18.0 Å². The predicted octanol–water partition coefficient (Wildman–Crippen LogP) is 2.03. The van der Waals surface area contributed by atoms with Gasteiger partial charge in [-0.1, -0.05) is 0 Å². The van der Waals surface area contributed by atoms with Crippen LogP contribution < -0.4 is 4.90 Å². The van der Waals surface area contributed by atoms with Gasteiger partial charge in [-0.15, -0.1) is 0 Å². The minimum atomic E-state index is -1.07. The van der Waals surface area contributed by atoms with Gasteiger partial charge in [-0.3, -0.25) is 9.59 Å². The van der Waals surface area contributed by atoms with E-state index >= 15 is 0 Å². The Morgan fingerprint density at radius 1 is 1.17 bits per heavy atom. The van der Waals surface area contributed by atoms with E-state index in [-0.39, 0.29) is 11.5 Å². The number of rotatable bonds is 3. The van der Waals surface area contributed by atoms with Crippen molar-refractivity contribution >= 4 is 23.5 Å². The molecule has 3 rings (SSSR count). The number of aliphatic carboxylic acids is 1. The molecule has 1 aromatic carbocycles. The summed E-state index contributed by atoms with van der Waals surface area (Å²) < 4.78 is 14.2. The van der Waals surface area contributed by atoms with Crippen molar-refractivity contribution in [1.82, 2.24) is 4.90 Å². The summed E-state index contributed by atoms with van der Waals surface area (Å²) in [6.07, 6.45) is 2.96. The van der Waals surface area contributed by atoms with Crippen LogP contribution in [0, 0.1) is 5.82 Å². The average Bonchev–Trinajstić information content (AvgIpc) is 3.00. The maximum atomic E-state index is 14.2. The van der Waals surface area contributed by atoms with E-state index in [9.17, 15) is 23.9 Å². The Hall–Kier alpha value is -2.44. The number of carboxylic acid groups (broad SMARTS) is 1. The molecule has 2 amide bonds. The maximum Gasteiger partial charge on any atom is 0.326 e. The second-order valence-electron chi connectivity index (χ2n) is 6.16. The standard InChI is InChI=1S/C17H19FN2O4/c18-13-7-6-11(19-9-3-5-15(19)21)10-12(13)16(22)20-8-2-1-4-14(20)17(23)24/h6-7,10,14H,1-5,8-9H2,(H,23,24). The molecule has 6 nitrogen and oxygen atoms in total. The maximum absolute atomic E-state index is 14.2. The van der Waals surface area contributed by atoms with Crippen LogP contribution in [0.4, 0.5) is 10.1 Å². The SMILES string of the molecule is O=C(O)C1CCCCN1C(=O)c1cc(N2CCCC2=O)ccc1F. The van der Waals surface area contributed by atoms with Crippen molar-refractivity contribution in [3.63, 3.8) is 0 Å². The highest BCUT2D eigenvalue weighted by Gasteiger charge is 2.34. The molecule has 0 aromatic heterocycles. The van der Waals surface area contributed by atoms with Crippen LogP contribution in [0.5, 0.6) is 0 Å². The number of hydrogen-bond acceptors (Lipinski definition) is 3. The third kappa shape index (κ3) is 2.98. The van der Waals surface area contributed by atoms with Crippen LogP contribution in [0.15, 0.2) is 18.2 Å². The van der Waals surface area contributed by atoms with Crippen molar-refractivity contribution < 1.29 is 23.9 Å². The Morgan fingerprint density at radius 3 is 2.62 bits per heavy atom. The van der Waals surface area contributed by atoms with Crippen LogP contribution in [0.1, 0.15) is 42.5 Å². The fourth-order valence-electron chi connectivity index (χ4n) is 3.35. The Kier molecular flexibility index (Phi) is 4.51. The van der Waals surface area contributed by atoms with Crippen LogP contribution in [0.2, 0.25) is 0 Å². The molecule has 2 fully saturated rings. The summed E-state index contributed by atoms with van der Waals surface area (Å²) in [7, 11) is 0. The first-order valence-corrected chi connectivity index (χ1v) is 8.12. The van der Waals surface area contributed by atoms with E-state index in [1.807, 2.05) is 0 Å². The van der Waals surface area contributed by atoms with Gasteiger partial charge >= 0.3 is 5.97 Å². The number of carboxylic acids is 1. The van der Waals surface area contributed by atoms with Gasteiger partial charge in [0.05, 0.1) is 5.56 Å². The van der Waals surface area contributed by atoms with E-state index in [0.717, 1.165) is 18.9 Å². The zero-order chi connectivity index (χ0) is 17.3.